The van der Waals surface area contributed by atoms with Gasteiger partial charge in [0, 0.05) is 21.6 Å². The molecule has 84 valence electrons. The molecule has 0 atom stereocenters. The van der Waals surface area contributed by atoms with Gasteiger partial charge in [0.2, 0.25) is 0 Å². The van der Waals surface area contributed by atoms with E-state index in [2.05, 4.69) is 45.3 Å². The first-order chi connectivity index (χ1) is 7.84. The van der Waals surface area contributed by atoms with Crippen LogP contribution in [0.25, 0.3) is 10.9 Å². The van der Waals surface area contributed by atoms with Crippen molar-refractivity contribution < 1.29 is 0 Å². The molecule has 16 heavy (non-hydrogen) atoms. The predicted octanol–water partition coefficient (Wildman–Crippen LogP) is 4.98. The second-order valence-corrected chi connectivity index (χ2v) is 5.68. The highest BCUT2D eigenvalue weighted by molar-refractivity contribution is 9.10. The molecule has 1 aromatic heterocycles. The molecule has 0 spiro atoms. The summed E-state index contributed by atoms with van der Waals surface area (Å²) >= 11 is 3.56. The van der Waals surface area contributed by atoms with Crippen LogP contribution in [-0.2, 0) is 0 Å². The molecule has 2 heteroatoms. The maximum atomic E-state index is 3.56. The highest BCUT2D eigenvalue weighted by Crippen LogP contribution is 2.36. The quantitative estimate of drug-likeness (QED) is 0.757. The van der Waals surface area contributed by atoms with Crippen LogP contribution in [-0.4, -0.2) is 4.98 Å². The van der Waals surface area contributed by atoms with E-state index < -0.39 is 0 Å². The van der Waals surface area contributed by atoms with Gasteiger partial charge in [-0.3, -0.25) is 0 Å². The molecule has 1 aliphatic rings. The Morgan fingerprint density at radius 3 is 2.75 bits per heavy atom. The molecular weight excluding hydrogens is 262 g/mol. The molecule has 2 aromatic rings. The number of hydrogen-bond acceptors (Lipinski definition) is 0. The molecule has 3 rings (SSSR count). The second kappa shape index (κ2) is 4.25. The van der Waals surface area contributed by atoms with Crippen LogP contribution in [0.1, 0.15) is 43.6 Å². The van der Waals surface area contributed by atoms with E-state index in [1.54, 1.807) is 0 Å². The van der Waals surface area contributed by atoms with E-state index in [0.29, 0.717) is 0 Å². The van der Waals surface area contributed by atoms with Crippen LogP contribution in [0.3, 0.4) is 0 Å². The predicted molar refractivity (Wildman–Crippen MR) is 71.8 cm³/mol. The number of halogens is 1. The average Bonchev–Trinajstić information content (AvgIpc) is 2.73. The SMILES string of the molecule is Brc1ccc2[nH]cc(C3CCCCC3)c2c1. The molecule has 0 bridgehead atoms. The summed E-state index contributed by atoms with van der Waals surface area (Å²) < 4.78 is 1.18. The minimum absolute atomic E-state index is 0.775. The molecule has 1 fully saturated rings. The van der Waals surface area contributed by atoms with Gasteiger partial charge in [0.25, 0.3) is 0 Å². The van der Waals surface area contributed by atoms with E-state index in [4.69, 9.17) is 0 Å². The fraction of sp³-hybridized carbons (Fsp3) is 0.429. The van der Waals surface area contributed by atoms with E-state index in [-0.39, 0.29) is 0 Å². The third kappa shape index (κ3) is 1.80. The molecule has 1 saturated carbocycles. The molecule has 0 amide bonds. The Bertz CT molecular complexity index is 494. The zero-order chi connectivity index (χ0) is 11.0. The number of rotatable bonds is 1. The van der Waals surface area contributed by atoms with Crippen molar-refractivity contribution in [3.05, 3.63) is 34.4 Å². The van der Waals surface area contributed by atoms with Crippen LogP contribution in [0.5, 0.6) is 0 Å². The van der Waals surface area contributed by atoms with Gasteiger partial charge in [-0.2, -0.15) is 0 Å². The number of H-pyrrole nitrogens is 1. The molecular formula is C14H16BrN. The van der Waals surface area contributed by atoms with Crippen molar-refractivity contribution in [1.29, 1.82) is 0 Å². The summed E-state index contributed by atoms with van der Waals surface area (Å²) in [5.74, 6) is 0.775. The first-order valence-electron chi connectivity index (χ1n) is 6.11. The number of nitrogens with one attached hydrogen (secondary N) is 1. The molecule has 0 radical (unpaired) electrons. The average molecular weight is 278 g/mol. The normalized spacial score (nSPS) is 18.1. The van der Waals surface area contributed by atoms with E-state index in [1.165, 1.54) is 53.0 Å². The lowest BCUT2D eigenvalue weighted by Crippen LogP contribution is -2.03. The first-order valence-corrected chi connectivity index (χ1v) is 6.90. The van der Waals surface area contributed by atoms with Gasteiger partial charge >= 0.3 is 0 Å². The summed E-state index contributed by atoms with van der Waals surface area (Å²) in [5.41, 5.74) is 2.79. The summed E-state index contributed by atoms with van der Waals surface area (Å²) in [4.78, 5) is 3.39. The topological polar surface area (TPSA) is 15.8 Å². The number of aromatic nitrogens is 1. The summed E-state index contributed by atoms with van der Waals surface area (Å²) in [6, 6.07) is 6.50. The van der Waals surface area contributed by atoms with Crippen molar-refractivity contribution in [2.45, 2.75) is 38.0 Å². The molecule has 0 saturated heterocycles. The van der Waals surface area contributed by atoms with Crippen molar-refractivity contribution in [3.63, 3.8) is 0 Å². The molecule has 1 aromatic carbocycles. The van der Waals surface area contributed by atoms with Crippen LogP contribution in [0.15, 0.2) is 28.9 Å². The third-order valence-electron chi connectivity index (χ3n) is 3.72. The minimum atomic E-state index is 0.775. The Morgan fingerprint density at radius 1 is 1.12 bits per heavy atom. The summed E-state index contributed by atoms with van der Waals surface area (Å²) in [7, 11) is 0. The number of benzene rings is 1. The molecule has 1 aliphatic carbocycles. The van der Waals surface area contributed by atoms with Gasteiger partial charge in [0.05, 0.1) is 0 Å². The van der Waals surface area contributed by atoms with E-state index in [9.17, 15) is 0 Å². The van der Waals surface area contributed by atoms with Crippen LogP contribution in [0.4, 0.5) is 0 Å². The van der Waals surface area contributed by atoms with Gasteiger partial charge in [-0.05, 0) is 42.5 Å². The fourth-order valence-electron chi connectivity index (χ4n) is 2.87. The molecule has 0 aliphatic heterocycles. The van der Waals surface area contributed by atoms with Crippen molar-refractivity contribution in [1.82, 2.24) is 4.98 Å². The smallest absolute Gasteiger partial charge is 0.0457 e. The van der Waals surface area contributed by atoms with Crippen LogP contribution in [0, 0.1) is 0 Å². The maximum absolute atomic E-state index is 3.56. The van der Waals surface area contributed by atoms with Gasteiger partial charge in [-0.1, -0.05) is 35.2 Å². The van der Waals surface area contributed by atoms with Gasteiger partial charge in [0.1, 0.15) is 0 Å². The highest BCUT2D eigenvalue weighted by atomic mass is 79.9. The number of aromatic amines is 1. The van der Waals surface area contributed by atoms with Crippen LogP contribution in [0.2, 0.25) is 0 Å². The van der Waals surface area contributed by atoms with Gasteiger partial charge < -0.3 is 4.98 Å². The summed E-state index contributed by atoms with van der Waals surface area (Å²) in [6.45, 7) is 0. The Labute approximate surface area is 104 Å². The monoisotopic (exact) mass is 277 g/mol. The molecule has 0 unspecified atom stereocenters. The summed E-state index contributed by atoms with van der Waals surface area (Å²) in [6.07, 6.45) is 9.14. The van der Waals surface area contributed by atoms with Crippen LogP contribution < -0.4 is 0 Å². The Kier molecular flexibility index (Phi) is 2.76. The van der Waals surface area contributed by atoms with Crippen molar-refractivity contribution in [2.24, 2.45) is 0 Å². The van der Waals surface area contributed by atoms with E-state index >= 15 is 0 Å². The van der Waals surface area contributed by atoms with Crippen LogP contribution >= 0.6 is 15.9 Å². The first kappa shape index (κ1) is 10.4. The number of hydrogen-bond donors (Lipinski definition) is 1. The third-order valence-corrected chi connectivity index (χ3v) is 4.21. The Morgan fingerprint density at radius 2 is 1.94 bits per heavy atom. The van der Waals surface area contributed by atoms with Crippen molar-refractivity contribution in [2.75, 3.05) is 0 Å². The van der Waals surface area contributed by atoms with Gasteiger partial charge in [-0.25, -0.2) is 0 Å². The van der Waals surface area contributed by atoms with Crippen molar-refractivity contribution in [3.8, 4) is 0 Å². The van der Waals surface area contributed by atoms with Crippen molar-refractivity contribution >= 4 is 26.8 Å². The Balaban J connectivity index is 2.05. The lowest BCUT2D eigenvalue weighted by atomic mass is 9.84. The fourth-order valence-corrected chi connectivity index (χ4v) is 3.23. The summed E-state index contributed by atoms with van der Waals surface area (Å²) in [5, 5.41) is 1.40. The largest absolute Gasteiger partial charge is 0.361 e. The molecule has 1 nitrogen and oxygen atoms in total. The van der Waals surface area contributed by atoms with E-state index in [1.807, 2.05) is 0 Å². The number of fused-ring (bicyclic) bond motifs is 1. The minimum Gasteiger partial charge on any atom is -0.361 e. The molecule has 1 heterocycles. The Hall–Kier alpha value is -0.760. The maximum Gasteiger partial charge on any atom is 0.0457 e. The molecule has 1 N–H and O–H groups in total. The lowest BCUT2D eigenvalue weighted by Gasteiger charge is -2.21. The van der Waals surface area contributed by atoms with E-state index in [0.717, 1.165) is 5.92 Å². The zero-order valence-electron chi connectivity index (χ0n) is 9.30. The second-order valence-electron chi connectivity index (χ2n) is 4.77. The standard InChI is InChI=1S/C14H16BrN/c15-11-6-7-14-12(8-11)13(9-16-14)10-4-2-1-3-5-10/h6-10,16H,1-5H2. The highest BCUT2D eigenvalue weighted by Gasteiger charge is 2.18. The zero-order valence-corrected chi connectivity index (χ0v) is 10.9. The lowest BCUT2D eigenvalue weighted by molar-refractivity contribution is 0.445. The van der Waals surface area contributed by atoms with Gasteiger partial charge in [0.15, 0.2) is 0 Å². The van der Waals surface area contributed by atoms with Gasteiger partial charge in [-0.15, -0.1) is 0 Å².